The molecule has 1 amide bonds. The molecule has 0 aliphatic rings. The average molecular weight is 321 g/mol. The van der Waals surface area contributed by atoms with E-state index in [2.05, 4.69) is 25.9 Å². The van der Waals surface area contributed by atoms with Crippen LogP contribution in [0.1, 0.15) is 28.4 Å². The largest absolute Gasteiger partial charge is 0.325 e. The van der Waals surface area contributed by atoms with Crippen LogP contribution >= 0.6 is 0 Å². The Balaban J connectivity index is 1.85. The van der Waals surface area contributed by atoms with E-state index in [0.29, 0.717) is 12.2 Å². The van der Waals surface area contributed by atoms with Crippen molar-refractivity contribution in [3.63, 3.8) is 0 Å². The second kappa shape index (κ2) is 7.04. The number of carbonyl (C=O) groups is 1. The van der Waals surface area contributed by atoms with E-state index in [1.165, 1.54) is 0 Å². The van der Waals surface area contributed by atoms with Crippen LogP contribution in [-0.2, 0) is 11.2 Å². The molecule has 0 spiro atoms. The number of nitrogens with zero attached hydrogens (tertiary/aromatic N) is 3. The summed E-state index contributed by atoms with van der Waals surface area (Å²) >= 11 is 0. The van der Waals surface area contributed by atoms with Crippen LogP contribution in [0, 0.1) is 13.8 Å². The number of tetrazole rings is 1. The second-order valence-corrected chi connectivity index (χ2v) is 5.75. The number of hydrogen-bond donors (Lipinski definition) is 2. The van der Waals surface area contributed by atoms with Crippen LogP contribution in [-0.4, -0.2) is 26.5 Å². The number of benzene rings is 2. The van der Waals surface area contributed by atoms with Gasteiger partial charge in [-0.25, -0.2) is 0 Å². The molecule has 122 valence electrons. The number of anilines is 1. The van der Waals surface area contributed by atoms with Crippen molar-refractivity contribution in [2.24, 2.45) is 0 Å². The van der Waals surface area contributed by atoms with E-state index in [-0.39, 0.29) is 5.91 Å². The zero-order chi connectivity index (χ0) is 16.9. The lowest BCUT2D eigenvalue weighted by Gasteiger charge is -2.16. The number of nitrogens with one attached hydrogen (secondary N) is 2. The molecule has 0 fully saturated rings. The Labute approximate surface area is 140 Å². The minimum Gasteiger partial charge on any atom is -0.325 e. The lowest BCUT2D eigenvalue weighted by Crippen LogP contribution is -2.24. The molecule has 6 nitrogen and oxygen atoms in total. The van der Waals surface area contributed by atoms with Crippen LogP contribution < -0.4 is 5.32 Å². The van der Waals surface area contributed by atoms with Crippen molar-refractivity contribution in [3.8, 4) is 0 Å². The highest BCUT2D eigenvalue weighted by atomic mass is 16.1. The molecule has 0 radical (unpaired) electrons. The maximum Gasteiger partial charge on any atom is 0.235 e. The fourth-order valence-electron chi connectivity index (χ4n) is 2.57. The number of hydrogen-bond acceptors (Lipinski definition) is 4. The minimum atomic E-state index is -0.508. The van der Waals surface area contributed by atoms with Crippen LogP contribution in [0.15, 0.2) is 48.5 Å². The van der Waals surface area contributed by atoms with E-state index in [1.54, 1.807) is 0 Å². The van der Waals surface area contributed by atoms with Crippen LogP contribution in [0.2, 0.25) is 0 Å². The first kappa shape index (κ1) is 15.9. The number of rotatable bonds is 5. The van der Waals surface area contributed by atoms with Gasteiger partial charge in [0.15, 0.2) is 5.82 Å². The van der Waals surface area contributed by atoms with E-state index in [0.717, 1.165) is 22.4 Å². The normalized spacial score (nSPS) is 11.9. The molecular formula is C18H19N5O. The predicted octanol–water partition coefficient (Wildman–Crippen LogP) is 2.78. The van der Waals surface area contributed by atoms with Gasteiger partial charge in [0.2, 0.25) is 5.91 Å². The summed E-state index contributed by atoms with van der Waals surface area (Å²) in [5.74, 6) is -0.262. The number of carbonyl (C=O) groups excluding carboxylic acids is 1. The lowest BCUT2D eigenvalue weighted by atomic mass is 9.97. The molecule has 2 N–H and O–H groups in total. The van der Waals surface area contributed by atoms with Gasteiger partial charge in [0.05, 0.1) is 0 Å². The molecule has 0 saturated carbocycles. The van der Waals surface area contributed by atoms with Crippen molar-refractivity contribution in [3.05, 3.63) is 71.0 Å². The average Bonchev–Trinajstić information content (AvgIpc) is 3.12. The molecule has 0 saturated heterocycles. The standard InChI is InChI=1S/C18H19N5O/c1-12-7-6-10-16(13(12)2)19-18(24)15(17-20-22-23-21-17)11-14-8-4-3-5-9-14/h3-10,15H,11H2,1-2H3,(H,19,24)(H,20,21,22,23)/t15-/m1/s1. The van der Waals surface area contributed by atoms with Gasteiger partial charge in [-0.3, -0.25) is 4.79 Å². The second-order valence-electron chi connectivity index (χ2n) is 5.75. The summed E-state index contributed by atoms with van der Waals surface area (Å²) in [4.78, 5) is 12.8. The molecule has 2 aromatic carbocycles. The first-order valence-electron chi connectivity index (χ1n) is 7.79. The van der Waals surface area contributed by atoms with Crippen molar-refractivity contribution in [2.45, 2.75) is 26.2 Å². The van der Waals surface area contributed by atoms with Crippen molar-refractivity contribution < 1.29 is 4.79 Å². The number of H-pyrrole nitrogens is 1. The monoisotopic (exact) mass is 321 g/mol. The molecular weight excluding hydrogens is 302 g/mol. The predicted molar refractivity (Wildman–Crippen MR) is 91.6 cm³/mol. The Morgan fingerprint density at radius 3 is 2.62 bits per heavy atom. The first-order chi connectivity index (χ1) is 11.6. The summed E-state index contributed by atoms with van der Waals surface area (Å²) in [7, 11) is 0. The zero-order valence-electron chi connectivity index (χ0n) is 13.7. The van der Waals surface area contributed by atoms with E-state index >= 15 is 0 Å². The van der Waals surface area contributed by atoms with E-state index < -0.39 is 5.92 Å². The molecule has 3 aromatic rings. The number of aromatic amines is 1. The fraction of sp³-hybridized carbons (Fsp3) is 0.222. The Bertz CT molecular complexity index is 815. The molecule has 3 rings (SSSR count). The third kappa shape index (κ3) is 3.48. The summed E-state index contributed by atoms with van der Waals surface area (Å²) in [6, 6.07) is 15.7. The molecule has 0 unspecified atom stereocenters. The van der Waals surface area contributed by atoms with Gasteiger partial charge in [0.1, 0.15) is 5.92 Å². The van der Waals surface area contributed by atoms with Crippen molar-refractivity contribution in [1.29, 1.82) is 0 Å². The van der Waals surface area contributed by atoms with Crippen LogP contribution in [0.3, 0.4) is 0 Å². The Kier molecular flexibility index (Phi) is 4.65. The Hall–Kier alpha value is -3.02. The van der Waals surface area contributed by atoms with Gasteiger partial charge in [-0.05, 0) is 43.0 Å². The molecule has 0 bridgehead atoms. The molecule has 0 aliphatic heterocycles. The van der Waals surface area contributed by atoms with Gasteiger partial charge in [-0.1, -0.05) is 47.7 Å². The number of aromatic nitrogens is 4. The third-order valence-corrected chi connectivity index (χ3v) is 4.14. The van der Waals surface area contributed by atoms with Crippen molar-refractivity contribution in [2.75, 3.05) is 5.32 Å². The Morgan fingerprint density at radius 1 is 1.12 bits per heavy atom. The molecule has 6 heteroatoms. The van der Waals surface area contributed by atoms with Gasteiger partial charge >= 0.3 is 0 Å². The summed E-state index contributed by atoms with van der Waals surface area (Å²) in [6.45, 7) is 4.01. The highest BCUT2D eigenvalue weighted by molar-refractivity contribution is 5.96. The third-order valence-electron chi connectivity index (χ3n) is 4.14. The van der Waals surface area contributed by atoms with Crippen molar-refractivity contribution in [1.82, 2.24) is 20.6 Å². The summed E-state index contributed by atoms with van der Waals surface area (Å²) in [5, 5.41) is 17.0. The molecule has 0 aliphatic carbocycles. The maximum absolute atomic E-state index is 12.8. The van der Waals surface area contributed by atoms with Gasteiger partial charge in [-0.15, -0.1) is 10.2 Å². The zero-order valence-corrected chi connectivity index (χ0v) is 13.7. The summed E-state index contributed by atoms with van der Waals surface area (Å²) in [5.41, 5.74) is 4.04. The molecule has 1 aromatic heterocycles. The number of amides is 1. The Morgan fingerprint density at radius 2 is 1.92 bits per heavy atom. The van der Waals surface area contributed by atoms with Gasteiger partial charge in [0.25, 0.3) is 0 Å². The summed E-state index contributed by atoms with van der Waals surface area (Å²) in [6.07, 6.45) is 0.511. The molecule has 1 heterocycles. The maximum atomic E-state index is 12.8. The summed E-state index contributed by atoms with van der Waals surface area (Å²) < 4.78 is 0. The van der Waals surface area contributed by atoms with E-state index in [1.807, 2.05) is 62.4 Å². The smallest absolute Gasteiger partial charge is 0.235 e. The first-order valence-corrected chi connectivity index (χ1v) is 7.79. The highest BCUT2D eigenvalue weighted by Gasteiger charge is 2.25. The highest BCUT2D eigenvalue weighted by Crippen LogP contribution is 2.23. The van der Waals surface area contributed by atoms with Crippen molar-refractivity contribution >= 4 is 11.6 Å². The molecule has 24 heavy (non-hydrogen) atoms. The van der Waals surface area contributed by atoms with E-state index in [4.69, 9.17) is 0 Å². The lowest BCUT2D eigenvalue weighted by molar-refractivity contribution is -0.117. The topological polar surface area (TPSA) is 83.6 Å². The van der Waals surface area contributed by atoms with Gasteiger partial charge in [0, 0.05) is 5.69 Å². The SMILES string of the molecule is Cc1cccc(NC(=O)[C@H](Cc2ccccc2)c2nn[nH]n2)c1C. The molecule has 1 atom stereocenters. The number of aryl methyl sites for hydroxylation is 1. The van der Waals surface area contributed by atoms with Crippen LogP contribution in [0.5, 0.6) is 0 Å². The minimum absolute atomic E-state index is 0.144. The van der Waals surface area contributed by atoms with Gasteiger partial charge < -0.3 is 5.32 Å². The van der Waals surface area contributed by atoms with E-state index in [9.17, 15) is 4.79 Å². The quantitative estimate of drug-likeness (QED) is 0.757. The van der Waals surface area contributed by atoms with Crippen LogP contribution in [0.25, 0.3) is 0 Å². The fourth-order valence-corrected chi connectivity index (χ4v) is 2.57. The van der Waals surface area contributed by atoms with Gasteiger partial charge in [-0.2, -0.15) is 5.21 Å². The van der Waals surface area contributed by atoms with Crippen LogP contribution in [0.4, 0.5) is 5.69 Å².